The highest BCUT2D eigenvalue weighted by Gasteiger charge is 2.32. The molecule has 0 fully saturated rings. The van der Waals surface area contributed by atoms with Gasteiger partial charge in [0.25, 0.3) is 0 Å². The molecule has 0 unspecified atom stereocenters. The van der Waals surface area contributed by atoms with E-state index in [-0.39, 0.29) is 5.60 Å². The number of aryl methyl sites for hydroxylation is 1. The Morgan fingerprint density at radius 2 is 1.94 bits per heavy atom. The quantitative estimate of drug-likeness (QED) is 0.672. The van der Waals surface area contributed by atoms with Gasteiger partial charge in [0.05, 0.1) is 0 Å². The number of hydrogen-bond acceptors (Lipinski definition) is 1. The summed E-state index contributed by atoms with van der Waals surface area (Å²) in [6.07, 6.45) is 1.20. The molecule has 0 amide bonds. The van der Waals surface area contributed by atoms with Crippen molar-refractivity contribution in [3.63, 3.8) is 0 Å². The SMILES string of the molecule is C[C@H]1c2ccccc2CC[Si]1OC(C)(C)C. The molecule has 0 aliphatic carbocycles. The highest BCUT2D eigenvalue weighted by atomic mass is 28.3. The second-order valence-electron chi connectivity index (χ2n) is 5.60. The minimum absolute atomic E-state index is 0.00877. The van der Waals surface area contributed by atoms with E-state index in [2.05, 4.69) is 52.0 Å². The lowest BCUT2D eigenvalue weighted by Gasteiger charge is -2.34. The highest BCUT2D eigenvalue weighted by molar-refractivity contribution is 6.54. The summed E-state index contributed by atoms with van der Waals surface area (Å²) in [7, 11) is -0.695. The highest BCUT2D eigenvalue weighted by Crippen LogP contribution is 2.33. The Hall–Kier alpha value is -0.603. The number of hydrogen-bond donors (Lipinski definition) is 0. The maximum Gasteiger partial charge on any atom is 0.219 e. The average molecular weight is 233 g/mol. The second kappa shape index (κ2) is 4.34. The third kappa shape index (κ3) is 2.55. The van der Waals surface area contributed by atoms with E-state index in [9.17, 15) is 0 Å². The molecule has 1 nitrogen and oxygen atoms in total. The third-order valence-electron chi connectivity index (χ3n) is 3.08. The van der Waals surface area contributed by atoms with Gasteiger partial charge in [0.1, 0.15) is 0 Å². The van der Waals surface area contributed by atoms with Crippen LogP contribution in [0.1, 0.15) is 44.4 Å². The lowest BCUT2D eigenvalue weighted by Crippen LogP contribution is -2.37. The first kappa shape index (κ1) is 11.9. The predicted octanol–water partition coefficient (Wildman–Crippen LogP) is 3.69. The van der Waals surface area contributed by atoms with Crippen molar-refractivity contribution >= 4 is 9.04 Å². The zero-order valence-corrected chi connectivity index (χ0v) is 11.7. The molecular weight excluding hydrogens is 212 g/mol. The Bertz CT molecular complexity index is 367. The van der Waals surface area contributed by atoms with Crippen molar-refractivity contribution in [3.8, 4) is 0 Å². The van der Waals surface area contributed by atoms with E-state index in [0.717, 1.165) is 0 Å². The van der Waals surface area contributed by atoms with Crippen molar-refractivity contribution in [2.75, 3.05) is 0 Å². The molecule has 87 valence electrons. The molecule has 0 N–H and O–H groups in total. The number of benzene rings is 1. The smallest absolute Gasteiger partial charge is 0.219 e. The summed E-state index contributed by atoms with van der Waals surface area (Å²) in [5.74, 6) is 0. The minimum Gasteiger partial charge on any atom is -0.411 e. The van der Waals surface area contributed by atoms with Crippen molar-refractivity contribution in [1.82, 2.24) is 0 Å². The van der Waals surface area contributed by atoms with Crippen LogP contribution in [0.5, 0.6) is 0 Å². The normalized spacial score (nSPS) is 21.9. The van der Waals surface area contributed by atoms with Crippen LogP contribution in [0.15, 0.2) is 24.3 Å². The molecule has 1 aromatic carbocycles. The van der Waals surface area contributed by atoms with Crippen LogP contribution >= 0.6 is 0 Å². The molecule has 2 rings (SSSR count). The summed E-state index contributed by atoms with van der Waals surface area (Å²) in [5, 5.41) is 0. The van der Waals surface area contributed by atoms with E-state index in [1.54, 1.807) is 0 Å². The van der Waals surface area contributed by atoms with Crippen molar-refractivity contribution in [1.29, 1.82) is 0 Å². The first-order chi connectivity index (χ1) is 7.47. The zero-order chi connectivity index (χ0) is 11.8. The third-order valence-corrected chi connectivity index (χ3v) is 5.98. The van der Waals surface area contributed by atoms with Gasteiger partial charge in [-0.2, -0.15) is 0 Å². The van der Waals surface area contributed by atoms with Gasteiger partial charge < -0.3 is 4.43 Å². The largest absolute Gasteiger partial charge is 0.411 e. The lowest BCUT2D eigenvalue weighted by atomic mass is 10.0. The number of fused-ring (bicyclic) bond motifs is 1. The molecule has 0 aromatic heterocycles. The van der Waals surface area contributed by atoms with E-state index < -0.39 is 9.04 Å². The summed E-state index contributed by atoms with van der Waals surface area (Å²) in [6.45, 7) is 8.83. The van der Waals surface area contributed by atoms with Crippen molar-refractivity contribution in [2.24, 2.45) is 0 Å². The average Bonchev–Trinajstić information content (AvgIpc) is 2.21. The summed E-state index contributed by atoms with van der Waals surface area (Å²) < 4.78 is 6.25. The Morgan fingerprint density at radius 1 is 1.25 bits per heavy atom. The van der Waals surface area contributed by atoms with Gasteiger partial charge in [0.2, 0.25) is 9.04 Å². The van der Waals surface area contributed by atoms with Crippen LogP contribution in [-0.4, -0.2) is 14.6 Å². The molecule has 0 saturated heterocycles. The van der Waals surface area contributed by atoms with Gasteiger partial charge in [-0.25, -0.2) is 0 Å². The second-order valence-corrected chi connectivity index (χ2v) is 8.10. The topological polar surface area (TPSA) is 9.23 Å². The maximum absolute atomic E-state index is 6.25. The molecule has 1 aliphatic rings. The molecule has 16 heavy (non-hydrogen) atoms. The Kier molecular flexibility index (Phi) is 3.22. The van der Waals surface area contributed by atoms with Gasteiger partial charge in [-0.1, -0.05) is 31.2 Å². The molecular formula is C14H21OSi. The summed E-state index contributed by atoms with van der Waals surface area (Å²) in [4.78, 5) is 0. The van der Waals surface area contributed by atoms with E-state index in [4.69, 9.17) is 4.43 Å². The van der Waals surface area contributed by atoms with Crippen molar-refractivity contribution in [2.45, 2.75) is 51.3 Å². The lowest BCUT2D eigenvalue weighted by molar-refractivity contribution is 0.124. The van der Waals surface area contributed by atoms with E-state index in [1.807, 2.05) is 0 Å². The fourth-order valence-corrected chi connectivity index (χ4v) is 5.01. The molecule has 0 saturated carbocycles. The molecule has 0 spiro atoms. The minimum atomic E-state index is -0.695. The van der Waals surface area contributed by atoms with E-state index in [0.29, 0.717) is 5.54 Å². The van der Waals surface area contributed by atoms with Crippen LogP contribution < -0.4 is 0 Å². The molecule has 1 radical (unpaired) electrons. The van der Waals surface area contributed by atoms with Crippen LogP contribution in [0.4, 0.5) is 0 Å². The van der Waals surface area contributed by atoms with Gasteiger partial charge >= 0.3 is 0 Å². The molecule has 0 bridgehead atoms. The molecule has 1 heterocycles. The molecule has 2 heteroatoms. The molecule has 1 atom stereocenters. The van der Waals surface area contributed by atoms with Crippen LogP contribution in [-0.2, 0) is 10.8 Å². The molecule has 1 aliphatic heterocycles. The Labute approximate surface area is 101 Å². The van der Waals surface area contributed by atoms with Gasteiger partial charge in [-0.3, -0.25) is 0 Å². The van der Waals surface area contributed by atoms with E-state index >= 15 is 0 Å². The standard InChI is InChI=1S/C14H21OSi/c1-11-13-8-6-5-7-12(13)9-10-16(11)15-14(2,3)4/h5-8,11H,9-10H2,1-4H3/t11-/m0/s1. The monoisotopic (exact) mass is 233 g/mol. The Morgan fingerprint density at radius 3 is 2.62 bits per heavy atom. The van der Waals surface area contributed by atoms with Gasteiger partial charge in [-0.15, -0.1) is 0 Å². The molecule has 1 aromatic rings. The fraction of sp³-hybridized carbons (Fsp3) is 0.571. The summed E-state index contributed by atoms with van der Waals surface area (Å²) in [5.41, 5.74) is 3.68. The zero-order valence-electron chi connectivity index (χ0n) is 10.7. The van der Waals surface area contributed by atoms with Gasteiger partial charge in [-0.05, 0) is 44.4 Å². The summed E-state index contributed by atoms with van der Waals surface area (Å²) >= 11 is 0. The first-order valence-electron chi connectivity index (χ1n) is 6.10. The van der Waals surface area contributed by atoms with Crippen LogP contribution in [0.2, 0.25) is 6.04 Å². The van der Waals surface area contributed by atoms with Gasteiger partial charge in [0.15, 0.2) is 0 Å². The van der Waals surface area contributed by atoms with Crippen LogP contribution in [0.3, 0.4) is 0 Å². The van der Waals surface area contributed by atoms with E-state index in [1.165, 1.54) is 23.6 Å². The summed E-state index contributed by atoms with van der Waals surface area (Å²) in [6, 6.07) is 10.1. The predicted molar refractivity (Wildman–Crippen MR) is 70.0 cm³/mol. The first-order valence-corrected chi connectivity index (χ1v) is 7.79. The van der Waals surface area contributed by atoms with Gasteiger partial charge in [0, 0.05) is 11.1 Å². The fourth-order valence-electron chi connectivity index (χ4n) is 2.36. The maximum atomic E-state index is 6.25. The van der Waals surface area contributed by atoms with Crippen molar-refractivity contribution < 1.29 is 4.43 Å². The Balaban J connectivity index is 2.18. The number of rotatable bonds is 1. The van der Waals surface area contributed by atoms with Crippen LogP contribution in [0.25, 0.3) is 0 Å². The van der Waals surface area contributed by atoms with Crippen molar-refractivity contribution in [3.05, 3.63) is 35.4 Å². The van der Waals surface area contributed by atoms with Crippen LogP contribution in [0, 0.1) is 0 Å².